The van der Waals surface area contributed by atoms with Crippen LogP contribution < -0.4 is 4.74 Å². The van der Waals surface area contributed by atoms with Gasteiger partial charge in [0.05, 0.1) is 5.02 Å². The van der Waals surface area contributed by atoms with Gasteiger partial charge in [0.25, 0.3) is 0 Å². The molecule has 128 valence electrons. The summed E-state index contributed by atoms with van der Waals surface area (Å²) < 4.78 is 42.3. The zero-order valence-electron chi connectivity index (χ0n) is 12.6. The number of ketones is 1. The lowest BCUT2D eigenvalue weighted by Crippen LogP contribution is -2.31. The predicted octanol–water partition coefficient (Wildman–Crippen LogP) is 4.26. The molecule has 1 aromatic rings. The van der Waals surface area contributed by atoms with Crippen LogP contribution in [0.1, 0.15) is 36.5 Å². The third kappa shape index (κ3) is 4.61. The molecule has 23 heavy (non-hydrogen) atoms. The van der Waals surface area contributed by atoms with Crippen LogP contribution in [0.15, 0.2) is 18.2 Å². The van der Waals surface area contributed by atoms with Gasteiger partial charge in [-0.05, 0) is 50.3 Å². The van der Waals surface area contributed by atoms with Gasteiger partial charge in [-0.2, -0.15) is 13.2 Å². The summed E-state index contributed by atoms with van der Waals surface area (Å²) in [4.78, 5) is 12.3. The van der Waals surface area contributed by atoms with E-state index in [0.717, 1.165) is 19.8 Å². The molecule has 3 atom stereocenters. The van der Waals surface area contributed by atoms with Crippen molar-refractivity contribution in [3.63, 3.8) is 0 Å². The van der Waals surface area contributed by atoms with E-state index in [1.807, 2.05) is 0 Å². The van der Waals surface area contributed by atoms with Crippen molar-refractivity contribution in [1.29, 1.82) is 0 Å². The molecule has 0 amide bonds. The number of aliphatic hydroxyl groups is 1. The zero-order chi connectivity index (χ0) is 17.2. The van der Waals surface area contributed by atoms with Crippen molar-refractivity contribution in [2.75, 3.05) is 6.61 Å². The highest BCUT2D eigenvalue weighted by atomic mass is 35.5. The molecule has 1 aromatic carbocycles. The Hall–Kier alpha value is -1.27. The highest BCUT2D eigenvalue weighted by Crippen LogP contribution is 2.44. The van der Waals surface area contributed by atoms with Gasteiger partial charge in [0.15, 0.2) is 11.9 Å². The molecule has 7 heteroatoms. The molecule has 0 bridgehead atoms. The van der Waals surface area contributed by atoms with Crippen LogP contribution in [0.25, 0.3) is 0 Å². The molecule has 1 fully saturated rings. The van der Waals surface area contributed by atoms with E-state index in [4.69, 9.17) is 21.4 Å². The Morgan fingerprint density at radius 1 is 1.48 bits per heavy atom. The first kappa shape index (κ1) is 18.1. The summed E-state index contributed by atoms with van der Waals surface area (Å²) in [7, 11) is 0. The summed E-state index contributed by atoms with van der Waals surface area (Å²) in [6.45, 7) is 0.998. The van der Waals surface area contributed by atoms with E-state index >= 15 is 0 Å². The average molecular weight is 351 g/mol. The standard InChI is InChI=1S/C16H18ClF3O3/c1-9(16(18,19)20)23-14-5-4-11(8-13(14)17)15(22)12-7-10(12)3-2-6-21/h4-5,8-10,12,21H,2-3,6-7H2,1H3/t9-,10?,12?/m1/s1. The molecule has 0 heterocycles. The second kappa shape index (κ2) is 7.09. The summed E-state index contributed by atoms with van der Waals surface area (Å²) in [5, 5.41) is 8.77. The van der Waals surface area contributed by atoms with Gasteiger partial charge in [0.2, 0.25) is 0 Å². The van der Waals surface area contributed by atoms with Crippen LogP contribution >= 0.6 is 11.6 Å². The minimum absolute atomic E-state index is 0.0143. The van der Waals surface area contributed by atoms with Gasteiger partial charge in [0.1, 0.15) is 5.75 Å². The maximum atomic E-state index is 12.5. The number of benzene rings is 1. The minimum atomic E-state index is -4.48. The normalized spacial score (nSPS) is 21.8. The largest absolute Gasteiger partial charge is 0.480 e. The third-order valence-electron chi connectivity index (χ3n) is 3.97. The lowest BCUT2D eigenvalue weighted by Gasteiger charge is -2.18. The Bertz CT molecular complexity index is 574. The smallest absolute Gasteiger partial charge is 0.425 e. The molecule has 2 rings (SSSR count). The number of hydrogen-bond donors (Lipinski definition) is 1. The molecule has 0 aliphatic heterocycles. The Labute approximate surface area is 137 Å². The van der Waals surface area contributed by atoms with Crippen molar-refractivity contribution in [2.24, 2.45) is 11.8 Å². The second-order valence-electron chi connectivity index (χ2n) is 5.78. The summed E-state index contributed by atoms with van der Waals surface area (Å²) in [6.07, 6.45) is -4.22. The lowest BCUT2D eigenvalue weighted by molar-refractivity contribution is -0.189. The van der Waals surface area contributed by atoms with Gasteiger partial charge in [-0.25, -0.2) is 0 Å². The van der Waals surface area contributed by atoms with E-state index in [-0.39, 0.29) is 35.0 Å². The fourth-order valence-corrected chi connectivity index (χ4v) is 2.69. The Kier molecular flexibility index (Phi) is 5.57. The van der Waals surface area contributed by atoms with Gasteiger partial charge < -0.3 is 9.84 Å². The monoisotopic (exact) mass is 350 g/mol. The van der Waals surface area contributed by atoms with Crippen LogP contribution in [0.5, 0.6) is 5.75 Å². The number of ether oxygens (including phenoxy) is 1. The molecule has 1 aliphatic rings. The van der Waals surface area contributed by atoms with Crippen LogP contribution in [-0.4, -0.2) is 29.8 Å². The molecule has 3 nitrogen and oxygen atoms in total. The van der Waals surface area contributed by atoms with Crippen LogP contribution in [0, 0.1) is 11.8 Å². The van der Waals surface area contributed by atoms with E-state index in [0.29, 0.717) is 12.0 Å². The van der Waals surface area contributed by atoms with Crippen molar-refractivity contribution < 1.29 is 27.8 Å². The van der Waals surface area contributed by atoms with Crippen LogP contribution in [-0.2, 0) is 0 Å². The van der Waals surface area contributed by atoms with Crippen molar-refractivity contribution >= 4 is 17.4 Å². The van der Waals surface area contributed by atoms with Crippen LogP contribution in [0.3, 0.4) is 0 Å². The van der Waals surface area contributed by atoms with E-state index in [1.54, 1.807) is 0 Å². The summed E-state index contributed by atoms with van der Waals surface area (Å²) >= 11 is 5.94. The van der Waals surface area contributed by atoms with Gasteiger partial charge >= 0.3 is 6.18 Å². The van der Waals surface area contributed by atoms with E-state index in [1.165, 1.54) is 18.2 Å². The number of halogens is 4. The zero-order valence-corrected chi connectivity index (χ0v) is 13.3. The number of Topliss-reactive ketones (excluding diaryl/α,β-unsaturated/α-hetero) is 1. The third-order valence-corrected chi connectivity index (χ3v) is 4.27. The van der Waals surface area contributed by atoms with Gasteiger partial charge in [0, 0.05) is 18.1 Å². The number of carbonyl (C=O) groups is 1. The first-order valence-electron chi connectivity index (χ1n) is 7.42. The van der Waals surface area contributed by atoms with Gasteiger partial charge in [-0.1, -0.05) is 11.6 Å². The quantitative estimate of drug-likeness (QED) is 0.747. The van der Waals surface area contributed by atoms with Crippen molar-refractivity contribution in [2.45, 2.75) is 38.5 Å². The van der Waals surface area contributed by atoms with Crippen LogP contribution in [0.2, 0.25) is 5.02 Å². The lowest BCUT2D eigenvalue weighted by atomic mass is 10.0. The van der Waals surface area contributed by atoms with E-state index in [2.05, 4.69) is 0 Å². The molecule has 1 saturated carbocycles. The number of aliphatic hydroxyl groups excluding tert-OH is 1. The first-order valence-corrected chi connectivity index (χ1v) is 7.79. The topological polar surface area (TPSA) is 46.5 Å². The van der Waals surface area contributed by atoms with Crippen LogP contribution in [0.4, 0.5) is 13.2 Å². The molecule has 0 aromatic heterocycles. The van der Waals surface area contributed by atoms with Crippen molar-refractivity contribution in [3.8, 4) is 5.75 Å². The van der Waals surface area contributed by atoms with Gasteiger partial charge in [-0.3, -0.25) is 4.79 Å². The first-order chi connectivity index (χ1) is 10.7. The van der Waals surface area contributed by atoms with E-state index in [9.17, 15) is 18.0 Å². The number of hydrogen-bond acceptors (Lipinski definition) is 3. The molecule has 0 radical (unpaired) electrons. The van der Waals surface area contributed by atoms with Crippen molar-refractivity contribution in [1.82, 2.24) is 0 Å². The average Bonchev–Trinajstić information content (AvgIpc) is 3.24. The fraction of sp³-hybridized carbons (Fsp3) is 0.562. The molecule has 1 aliphatic carbocycles. The molecular weight excluding hydrogens is 333 g/mol. The Morgan fingerprint density at radius 2 is 2.17 bits per heavy atom. The highest BCUT2D eigenvalue weighted by Gasteiger charge is 2.42. The predicted molar refractivity (Wildman–Crippen MR) is 79.8 cm³/mol. The molecule has 2 unspecified atom stereocenters. The highest BCUT2D eigenvalue weighted by molar-refractivity contribution is 6.32. The van der Waals surface area contributed by atoms with E-state index < -0.39 is 12.3 Å². The molecule has 1 N–H and O–H groups in total. The van der Waals surface area contributed by atoms with Crippen molar-refractivity contribution in [3.05, 3.63) is 28.8 Å². The molecule has 0 saturated heterocycles. The Balaban J connectivity index is 2.01. The number of rotatable bonds is 7. The maximum absolute atomic E-state index is 12.5. The molecular formula is C16H18ClF3O3. The fourth-order valence-electron chi connectivity index (χ4n) is 2.46. The number of carbonyl (C=O) groups excluding carboxylic acids is 1. The summed E-state index contributed by atoms with van der Waals surface area (Å²) in [6, 6.07) is 4.08. The Morgan fingerprint density at radius 3 is 2.74 bits per heavy atom. The summed E-state index contributed by atoms with van der Waals surface area (Å²) in [5.41, 5.74) is 0.374. The minimum Gasteiger partial charge on any atom is -0.480 e. The second-order valence-corrected chi connectivity index (χ2v) is 6.19. The number of alkyl halides is 3. The summed E-state index contributed by atoms with van der Waals surface area (Å²) in [5.74, 6) is 0.0269. The SMILES string of the molecule is C[C@@H](Oc1ccc(C(=O)C2CC2CCCO)cc1Cl)C(F)(F)F. The maximum Gasteiger partial charge on any atom is 0.425 e. The molecule has 0 spiro atoms. The van der Waals surface area contributed by atoms with Gasteiger partial charge in [-0.15, -0.1) is 0 Å².